The number of aldehydes is 1. The van der Waals surface area contributed by atoms with E-state index >= 15 is 0 Å². The summed E-state index contributed by atoms with van der Waals surface area (Å²) in [6.45, 7) is 0.0785. The van der Waals surface area contributed by atoms with Crippen LogP contribution >= 0.6 is 0 Å². The Morgan fingerprint density at radius 1 is 1.57 bits per heavy atom. The van der Waals surface area contributed by atoms with Crippen LogP contribution in [0, 0.1) is 11.3 Å². The lowest BCUT2D eigenvalue weighted by atomic mass is 10.1. The topological polar surface area (TPSA) is 59.3 Å². The number of hydrogen-bond acceptors (Lipinski definition) is 4. The number of benzene rings is 1. The first-order chi connectivity index (χ1) is 6.81. The van der Waals surface area contributed by atoms with Crippen molar-refractivity contribution >= 4 is 6.29 Å². The predicted octanol–water partition coefficient (Wildman–Crippen LogP) is 1.35. The van der Waals surface area contributed by atoms with Crippen LogP contribution in [0.4, 0.5) is 0 Å². The fourth-order valence-corrected chi connectivity index (χ4v) is 0.957. The highest BCUT2D eigenvalue weighted by molar-refractivity contribution is 5.76. The summed E-state index contributed by atoms with van der Waals surface area (Å²) in [7, 11) is 1.49. The van der Waals surface area contributed by atoms with Gasteiger partial charge < -0.3 is 9.47 Å². The molecule has 4 nitrogen and oxygen atoms in total. The summed E-state index contributed by atoms with van der Waals surface area (Å²) in [5, 5.41) is 8.75. The summed E-state index contributed by atoms with van der Waals surface area (Å²) in [5.74, 6) is 0.417. The molecular weight excluding hydrogens is 182 g/mol. The minimum atomic E-state index is 0.0785. The van der Waals surface area contributed by atoms with Crippen molar-refractivity contribution in [3.8, 4) is 11.8 Å². The molecule has 1 rings (SSSR count). The molecule has 0 saturated heterocycles. The van der Waals surface area contributed by atoms with Crippen molar-refractivity contribution in [3.63, 3.8) is 0 Å². The van der Waals surface area contributed by atoms with Gasteiger partial charge >= 0.3 is 0 Å². The van der Waals surface area contributed by atoms with E-state index in [-0.39, 0.29) is 6.79 Å². The van der Waals surface area contributed by atoms with Gasteiger partial charge in [0.1, 0.15) is 18.1 Å². The van der Waals surface area contributed by atoms with E-state index in [1.807, 2.05) is 6.07 Å². The lowest BCUT2D eigenvalue weighted by Gasteiger charge is -2.05. The largest absolute Gasteiger partial charge is 0.466 e. The first-order valence-corrected chi connectivity index (χ1v) is 3.93. The van der Waals surface area contributed by atoms with Gasteiger partial charge in [-0.25, -0.2) is 0 Å². The molecule has 1 aromatic carbocycles. The molecule has 72 valence electrons. The van der Waals surface area contributed by atoms with Crippen LogP contribution in [0.15, 0.2) is 18.2 Å². The van der Waals surface area contributed by atoms with Gasteiger partial charge in [-0.05, 0) is 18.2 Å². The molecule has 0 N–H and O–H groups in total. The van der Waals surface area contributed by atoms with Gasteiger partial charge in [0.25, 0.3) is 0 Å². The maximum atomic E-state index is 10.4. The molecule has 0 saturated carbocycles. The summed E-state index contributed by atoms with van der Waals surface area (Å²) < 4.78 is 9.82. The van der Waals surface area contributed by atoms with Crippen LogP contribution in [0.1, 0.15) is 15.9 Å². The van der Waals surface area contributed by atoms with Crippen LogP contribution in [0.2, 0.25) is 0 Å². The molecule has 0 unspecified atom stereocenters. The highest BCUT2D eigenvalue weighted by atomic mass is 16.7. The third-order valence-corrected chi connectivity index (χ3v) is 1.59. The molecule has 0 radical (unpaired) electrons. The number of methoxy groups -OCH3 is 1. The third kappa shape index (κ3) is 2.31. The molecule has 0 aromatic heterocycles. The smallest absolute Gasteiger partial charge is 0.188 e. The maximum Gasteiger partial charge on any atom is 0.188 e. The second kappa shape index (κ2) is 5.00. The second-order valence-electron chi connectivity index (χ2n) is 2.54. The molecule has 0 aliphatic carbocycles. The SMILES string of the molecule is COCOc1ccc(C=O)cc1C#N. The first-order valence-electron chi connectivity index (χ1n) is 3.93. The van der Waals surface area contributed by atoms with Gasteiger partial charge in [-0.3, -0.25) is 4.79 Å². The van der Waals surface area contributed by atoms with E-state index in [0.717, 1.165) is 0 Å². The van der Waals surface area contributed by atoms with E-state index in [0.29, 0.717) is 23.2 Å². The van der Waals surface area contributed by atoms with Crippen LogP contribution in [0.3, 0.4) is 0 Å². The van der Waals surface area contributed by atoms with Crippen molar-refractivity contribution in [1.82, 2.24) is 0 Å². The van der Waals surface area contributed by atoms with E-state index in [2.05, 4.69) is 0 Å². The standard InChI is InChI=1S/C10H9NO3/c1-13-7-14-10-3-2-8(6-12)4-9(10)5-11/h2-4,6H,7H2,1H3. The zero-order valence-electron chi connectivity index (χ0n) is 7.69. The Morgan fingerprint density at radius 3 is 2.93 bits per heavy atom. The maximum absolute atomic E-state index is 10.4. The molecule has 4 heteroatoms. The Hall–Kier alpha value is -1.86. The van der Waals surface area contributed by atoms with Gasteiger partial charge in [-0.15, -0.1) is 0 Å². The minimum Gasteiger partial charge on any atom is -0.466 e. The van der Waals surface area contributed by atoms with E-state index in [1.54, 1.807) is 12.1 Å². The van der Waals surface area contributed by atoms with Gasteiger partial charge in [0.15, 0.2) is 6.79 Å². The number of nitriles is 1. The zero-order valence-corrected chi connectivity index (χ0v) is 7.69. The normalized spacial score (nSPS) is 9.14. The lowest BCUT2D eigenvalue weighted by molar-refractivity contribution is 0.0509. The van der Waals surface area contributed by atoms with Gasteiger partial charge in [-0.2, -0.15) is 5.26 Å². The number of nitrogens with zero attached hydrogens (tertiary/aromatic N) is 1. The molecule has 0 atom stereocenters. The molecule has 0 aliphatic rings. The van der Waals surface area contributed by atoms with Crippen LogP contribution in [0.25, 0.3) is 0 Å². The van der Waals surface area contributed by atoms with Crippen LogP contribution < -0.4 is 4.74 Å². The van der Waals surface area contributed by atoms with Gasteiger partial charge in [0.2, 0.25) is 0 Å². The minimum absolute atomic E-state index is 0.0785. The molecule has 14 heavy (non-hydrogen) atoms. The zero-order chi connectivity index (χ0) is 10.4. The Balaban J connectivity index is 2.94. The fraction of sp³-hybridized carbons (Fsp3) is 0.200. The van der Waals surface area contributed by atoms with Crippen molar-refractivity contribution in [2.45, 2.75) is 0 Å². The number of ether oxygens (including phenoxy) is 2. The van der Waals surface area contributed by atoms with Crippen molar-refractivity contribution < 1.29 is 14.3 Å². The van der Waals surface area contributed by atoms with Crippen LogP contribution in [-0.2, 0) is 4.74 Å². The van der Waals surface area contributed by atoms with Gasteiger partial charge in [-0.1, -0.05) is 0 Å². The number of rotatable bonds is 4. The van der Waals surface area contributed by atoms with Crippen LogP contribution in [0.5, 0.6) is 5.75 Å². The third-order valence-electron chi connectivity index (χ3n) is 1.59. The summed E-state index contributed by atoms with van der Waals surface area (Å²) in [6.07, 6.45) is 0.681. The summed E-state index contributed by atoms with van der Waals surface area (Å²) in [5.41, 5.74) is 0.776. The van der Waals surface area contributed by atoms with Crippen molar-refractivity contribution in [3.05, 3.63) is 29.3 Å². The van der Waals surface area contributed by atoms with Crippen molar-refractivity contribution in [2.75, 3.05) is 13.9 Å². The summed E-state index contributed by atoms with van der Waals surface area (Å²) in [4.78, 5) is 10.4. The van der Waals surface area contributed by atoms with E-state index < -0.39 is 0 Å². The van der Waals surface area contributed by atoms with E-state index in [9.17, 15) is 4.79 Å². The van der Waals surface area contributed by atoms with Crippen LogP contribution in [-0.4, -0.2) is 20.2 Å². The van der Waals surface area contributed by atoms with Gasteiger partial charge in [0.05, 0.1) is 5.56 Å². The summed E-state index contributed by atoms with van der Waals surface area (Å²) in [6, 6.07) is 6.56. The molecule has 0 aliphatic heterocycles. The summed E-state index contributed by atoms with van der Waals surface area (Å²) >= 11 is 0. The Morgan fingerprint density at radius 2 is 2.36 bits per heavy atom. The molecule has 0 heterocycles. The fourth-order valence-electron chi connectivity index (χ4n) is 0.957. The second-order valence-corrected chi connectivity index (χ2v) is 2.54. The average molecular weight is 191 g/mol. The lowest BCUT2D eigenvalue weighted by Crippen LogP contribution is -2.00. The predicted molar refractivity (Wildman–Crippen MR) is 49.0 cm³/mol. The van der Waals surface area contributed by atoms with Crippen molar-refractivity contribution in [2.24, 2.45) is 0 Å². The molecular formula is C10H9NO3. The molecule has 0 fully saturated rings. The van der Waals surface area contributed by atoms with E-state index in [1.165, 1.54) is 13.2 Å². The Bertz CT molecular complexity index is 368. The number of hydrogen-bond donors (Lipinski definition) is 0. The quantitative estimate of drug-likeness (QED) is 0.532. The van der Waals surface area contributed by atoms with Gasteiger partial charge in [0, 0.05) is 12.7 Å². The number of carbonyl (C=O) groups excluding carboxylic acids is 1. The average Bonchev–Trinajstić information content (AvgIpc) is 2.26. The highest BCUT2D eigenvalue weighted by Crippen LogP contribution is 2.18. The molecule has 0 spiro atoms. The first kappa shape index (κ1) is 10.2. The monoisotopic (exact) mass is 191 g/mol. The van der Waals surface area contributed by atoms with Crippen molar-refractivity contribution in [1.29, 1.82) is 5.26 Å². The Labute approximate surface area is 81.7 Å². The van der Waals surface area contributed by atoms with E-state index in [4.69, 9.17) is 14.7 Å². The Kier molecular flexibility index (Phi) is 3.65. The molecule has 0 amide bonds. The molecule has 0 bridgehead atoms. The molecule has 1 aromatic rings. The number of carbonyl (C=O) groups is 1. The highest BCUT2D eigenvalue weighted by Gasteiger charge is 2.03.